The molecule has 25 aromatic rings. The molecule has 124 heavy (non-hydrogen) atoms. The summed E-state index contributed by atoms with van der Waals surface area (Å²) >= 11 is 0. The average molecular weight is 1580 g/mol. The topological polar surface area (TPSA) is 129 Å². The second-order valence-corrected chi connectivity index (χ2v) is 31.7. The van der Waals surface area contributed by atoms with Crippen molar-refractivity contribution in [3.63, 3.8) is 0 Å². The van der Waals surface area contributed by atoms with Gasteiger partial charge in [0.2, 0.25) is 0 Å². The highest BCUT2D eigenvalue weighted by Crippen LogP contribution is 2.46. The number of rotatable bonds is 10. The molecule has 10 aromatic heterocycles. The SMILES string of the molecule is c1ccc(-c2ccc3ccc4ccc(-c5c6ccccc6c(-c6ccc7ccc(-c8ccc9ccc(-c%10cccc%11ccncc%10%11)nc9c8)nc7c6)c6ccccc56)nc4c3n2)cc1.c1ccc(-c2ccc3ccc4ccc(-c5ccc(-c6ccc7ccc(-c8ccc9ccc(-c%10cccc%11ccncc%10%11)nc9c8)nc7c6)c6ccccc56)nc4c3n2)cc1. The average Bonchev–Trinajstić information content (AvgIpc) is 0.726. The lowest BCUT2D eigenvalue weighted by atomic mass is 9.87. The summed E-state index contributed by atoms with van der Waals surface area (Å²) in [7, 11) is 0. The minimum Gasteiger partial charge on any atom is -0.264 e. The molecule has 0 amide bonds. The van der Waals surface area contributed by atoms with Gasteiger partial charge >= 0.3 is 0 Å². The summed E-state index contributed by atoms with van der Waals surface area (Å²) in [6, 6.07) is 137. The molecule has 0 saturated carbocycles. The van der Waals surface area contributed by atoms with Crippen molar-refractivity contribution < 1.29 is 0 Å². The van der Waals surface area contributed by atoms with Crippen LogP contribution in [0.1, 0.15) is 0 Å². The monoisotopic (exact) mass is 1580 g/mol. The molecule has 10 heterocycles. The van der Waals surface area contributed by atoms with Crippen LogP contribution in [0.15, 0.2) is 413 Å². The lowest BCUT2D eigenvalue weighted by Crippen LogP contribution is -1.94. The van der Waals surface area contributed by atoms with E-state index in [1.54, 1.807) is 0 Å². The summed E-state index contributed by atoms with van der Waals surface area (Å²) in [4.78, 5) is 50.7. The molecule has 0 saturated heterocycles. The summed E-state index contributed by atoms with van der Waals surface area (Å²) in [5.41, 5.74) is 27.8. The molecule has 0 aliphatic rings. The molecule has 0 aliphatic carbocycles. The Bertz CT molecular complexity index is 8650. The zero-order chi connectivity index (χ0) is 81.7. The van der Waals surface area contributed by atoms with Crippen LogP contribution < -0.4 is 0 Å². The largest absolute Gasteiger partial charge is 0.264 e. The Balaban J connectivity index is 0.000000140. The van der Waals surface area contributed by atoms with Gasteiger partial charge in [0.25, 0.3) is 0 Å². The summed E-state index contributed by atoms with van der Waals surface area (Å²) in [5, 5.41) is 20.0. The van der Waals surface area contributed by atoms with Gasteiger partial charge in [0.1, 0.15) is 0 Å². The third-order valence-electron chi connectivity index (χ3n) is 24.4. The Hall–Kier alpha value is -16.8. The smallest absolute Gasteiger partial charge is 0.0972 e. The molecule has 0 radical (unpaired) electrons. The highest BCUT2D eigenvalue weighted by molar-refractivity contribution is 6.22. The number of hydrogen-bond acceptors (Lipinski definition) is 10. The highest BCUT2D eigenvalue weighted by atomic mass is 14.8. The van der Waals surface area contributed by atoms with Gasteiger partial charge in [-0.15, -0.1) is 0 Å². The van der Waals surface area contributed by atoms with E-state index in [1.807, 2.05) is 61.2 Å². The van der Waals surface area contributed by atoms with Crippen molar-refractivity contribution in [2.24, 2.45) is 0 Å². The van der Waals surface area contributed by atoms with Crippen LogP contribution >= 0.6 is 0 Å². The quantitative estimate of drug-likeness (QED) is 0.0964. The van der Waals surface area contributed by atoms with Crippen molar-refractivity contribution in [2.75, 3.05) is 0 Å². The first-order chi connectivity index (χ1) is 61.4. The Kier molecular flexibility index (Phi) is 17.0. The first-order valence-electron chi connectivity index (χ1n) is 41.7. The predicted octanol–water partition coefficient (Wildman–Crippen LogP) is 29.0. The molecule has 0 bridgehead atoms. The zero-order valence-electron chi connectivity index (χ0n) is 66.7. The highest BCUT2D eigenvalue weighted by Gasteiger charge is 2.22. The van der Waals surface area contributed by atoms with Gasteiger partial charge in [0, 0.05) is 123 Å². The van der Waals surface area contributed by atoms with Crippen LogP contribution in [0.4, 0.5) is 0 Å². The van der Waals surface area contributed by atoms with Crippen molar-refractivity contribution in [3.05, 3.63) is 413 Å². The van der Waals surface area contributed by atoms with E-state index in [1.165, 1.54) is 5.56 Å². The van der Waals surface area contributed by atoms with Crippen LogP contribution in [0.3, 0.4) is 0 Å². The van der Waals surface area contributed by atoms with Crippen molar-refractivity contribution in [3.8, 4) is 112 Å². The van der Waals surface area contributed by atoms with Gasteiger partial charge in [-0.3, -0.25) is 9.97 Å². The molecule has 574 valence electrons. The van der Waals surface area contributed by atoms with Crippen LogP contribution in [0.25, 0.3) is 253 Å². The second kappa shape index (κ2) is 29.6. The third kappa shape index (κ3) is 12.6. The maximum atomic E-state index is 5.46. The summed E-state index contributed by atoms with van der Waals surface area (Å²) in [6.07, 6.45) is 7.50. The molecule has 0 spiro atoms. The second-order valence-electron chi connectivity index (χ2n) is 31.7. The number of hydrogen-bond donors (Lipinski definition) is 0. The lowest BCUT2D eigenvalue weighted by Gasteiger charge is -2.18. The minimum atomic E-state index is 0.895. The zero-order valence-corrected chi connectivity index (χ0v) is 66.7. The number of fused-ring (bicyclic) bond motifs is 15. The number of aromatic nitrogens is 10. The van der Waals surface area contributed by atoms with Crippen LogP contribution in [0.2, 0.25) is 0 Å². The van der Waals surface area contributed by atoms with Gasteiger partial charge in [0.05, 0.1) is 89.7 Å². The molecule has 25 rings (SSSR count). The summed E-state index contributed by atoms with van der Waals surface area (Å²) in [6.45, 7) is 0. The number of pyridine rings is 10. The summed E-state index contributed by atoms with van der Waals surface area (Å²) in [5.74, 6) is 0. The fourth-order valence-corrected chi connectivity index (χ4v) is 18.3. The van der Waals surface area contributed by atoms with Gasteiger partial charge in [-0.25, -0.2) is 39.9 Å². The lowest BCUT2D eigenvalue weighted by molar-refractivity contribution is 1.35. The maximum absolute atomic E-state index is 5.46. The first kappa shape index (κ1) is 71.3. The molecule has 10 nitrogen and oxygen atoms in total. The van der Waals surface area contributed by atoms with Crippen LogP contribution in [0, 0.1) is 0 Å². The molecule has 10 heteroatoms. The molecule has 15 aromatic carbocycles. The first-order valence-corrected chi connectivity index (χ1v) is 41.7. The van der Waals surface area contributed by atoms with Crippen LogP contribution in [0.5, 0.6) is 0 Å². The van der Waals surface area contributed by atoms with Crippen molar-refractivity contribution in [1.29, 1.82) is 0 Å². The van der Waals surface area contributed by atoms with Gasteiger partial charge in [-0.1, -0.05) is 303 Å². The van der Waals surface area contributed by atoms with Crippen molar-refractivity contribution in [1.82, 2.24) is 49.8 Å². The van der Waals surface area contributed by atoms with E-state index >= 15 is 0 Å². The molecular formula is C114H68N10. The van der Waals surface area contributed by atoms with Crippen molar-refractivity contribution in [2.45, 2.75) is 0 Å². The minimum absolute atomic E-state index is 0.895. The Labute approximate surface area is 711 Å². The van der Waals surface area contributed by atoms with Gasteiger partial charge < -0.3 is 0 Å². The van der Waals surface area contributed by atoms with E-state index in [-0.39, 0.29) is 0 Å². The third-order valence-corrected chi connectivity index (χ3v) is 24.4. The van der Waals surface area contributed by atoms with E-state index in [2.05, 4.69) is 362 Å². The van der Waals surface area contributed by atoms with Crippen LogP contribution in [-0.4, -0.2) is 49.8 Å². The Morgan fingerprint density at radius 2 is 0.444 bits per heavy atom. The number of benzene rings is 15. The molecular weight excluding hydrogens is 1510 g/mol. The molecule has 0 unspecified atom stereocenters. The molecule has 0 fully saturated rings. The standard InChI is InChI=1S/C59H35N5.C55H33N5/c1-2-9-37(10-3-1)50-28-25-40-19-20-41-26-30-53(64-59(41)58(40)63-50)57-47-14-6-4-12-45(47)56(46-13-5-7-15-48(46)57)43-22-18-39-23-27-51(61-55(39)34-43)42-21-17-38-24-29-52(62-54(38)33-42)44-16-8-11-36-31-32-60-35-49(36)44;1-2-7-35(8-3-1)48-26-21-38-15-16-39-22-28-51(60-55(39)54(38)59-48)46-24-23-42(43-10-4-5-11-44(43)46)40-17-13-36-19-25-49(57-52(36)31-40)41-18-14-37-20-27-50(58-53(37)32-41)45-12-6-9-34-29-30-56-33-47(34)45/h1-35H;1-33H. The normalized spacial score (nSPS) is 11.7. The fourth-order valence-electron chi connectivity index (χ4n) is 18.3. The van der Waals surface area contributed by atoms with E-state index in [4.69, 9.17) is 39.9 Å². The predicted molar refractivity (Wildman–Crippen MR) is 513 cm³/mol. The van der Waals surface area contributed by atoms with E-state index < -0.39 is 0 Å². The molecule has 0 N–H and O–H groups in total. The van der Waals surface area contributed by atoms with Crippen LogP contribution in [-0.2, 0) is 0 Å². The van der Waals surface area contributed by atoms with E-state index in [0.29, 0.717) is 0 Å². The Morgan fingerprint density at radius 3 is 0.903 bits per heavy atom. The van der Waals surface area contributed by atoms with Gasteiger partial charge in [0.15, 0.2) is 0 Å². The molecule has 0 atom stereocenters. The maximum Gasteiger partial charge on any atom is 0.0972 e. The van der Waals surface area contributed by atoms with Gasteiger partial charge in [-0.05, 0) is 150 Å². The van der Waals surface area contributed by atoms with E-state index in [9.17, 15) is 0 Å². The number of nitrogens with zero attached hydrogens (tertiary/aromatic N) is 10. The van der Waals surface area contributed by atoms with Gasteiger partial charge in [-0.2, -0.15) is 0 Å². The van der Waals surface area contributed by atoms with E-state index in [0.717, 1.165) is 248 Å². The van der Waals surface area contributed by atoms with Crippen molar-refractivity contribution >= 4 is 141 Å². The Morgan fingerprint density at radius 1 is 0.145 bits per heavy atom. The summed E-state index contributed by atoms with van der Waals surface area (Å²) < 4.78 is 0. The fraction of sp³-hybridized carbons (Fsp3) is 0. The molecule has 0 aliphatic heterocycles.